The molecule has 0 rings (SSSR count). The number of aliphatic hydroxyl groups is 1. The number of hydrogen-bond donors (Lipinski definition) is 2. The summed E-state index contributed by atoms with van der Waals surface area (Å²) in [6, 6.07) is -0.704. The molecule has 1 amide bonds. The molecule has 0 saturated heterocycles. The Hall–Kier alpha value is -1.10. The van der Waals surface area contributed by atoms with E-state index in [-0.39, 0.29) is 6.61 Å². The maximum Gasteiger partial charge on any atom is 0.328 e. The van der Waals surface area contributed by atoms with Crippen LogP contribution >= 0.6 is 0 Å². The van der Waals surface area contributed by atoms with Gasteiger partial charge in [-0.05, 0) is 13.8 Å². The van der Waals surface area contributed by atoms with Crippen molar-refractivity contribution < 1.29 is 19.4 Å². The lowest BCUT2D eigenvalue weighted by Gasteiger charge is -2.10. The smallest absolute Gasteiger partial charge is 0.328 e. The van der Waals surface area contributed by atoms with Crippen molar-refractivity contribution in [1.82, 2.24) is 5.32 Å². The van der Waals surface area contributed by atoms with Crippen molar-refractivity contribution in [2.75, 3.05) is 13.2 Å². The Morgan fingerprint density at radius 2 is 2.17 bits per heavy atom. The molecular formula is C7H13NO4. The fourth-order valence-corrected chi connectivity index (χ4v) is 0.613. The average molecular weight is 175 g/mol. The minimum atomic E-state index is -0.704. The highest BCUT2D eigenvalue weighted by atomic mass is 16.5. The van der Waals surface area contributed by atoms with E-state index in [2.05, 4.69) is 10.1 Å². The monoisotopic (exact) mass is 175 g/mol. The first-order valence-corrected chi connectivity index (χ1v) is 3.68. The van der Waals surface area contributed by atoms with E-state index in [0.29, 0.717) is 0 Å². The molecule has 0 spiro atoms. The Morgan fingerprint density at radius 3 is 2.58 bits per heavy atom. The van der Waals surface area contributed by atoms with E-state index in [0.717, 1.165) is 0 Å². The number of esters is 1. The minimum Gasteiger partial charge on any atom is -0.464 e. The predicted octanol–water partition coefficient (Wildman–Crippen LogP) is -0.953. The second-order valence-electron chi connectivity index (χ2n) is 2.20. The number of ether oxygens (including phenoxy) is 1. The normalized spacial score (nSPS) is 11.9. The summed E-state index contributed by atoms with van der Waals surface area (Å²) in [5.74, 6) is -1.09. The van der Waals surface area contributed by atoms with Gasteiger partial charge in [0.25, 0.3) is 0 Å². The highest BCUT2D eigenvalue weighted by molar-refractivity contribution is 5.84. The summed E-state index contributed by atoms with van der Waals surface area (Å²) < 4.78 is 4.61. The Bertz CT molecular complexity index is 169. The first-order chi connectivity index (χ1) is 5.61. The van der Waals surface area contributed by atoms with Crippen molar-refractivity contribution in [3.8, 4) is 0 Å². The number of carbonyl (C=O) groups is 2. The van der Waals surface area contributed by atoms with Crippen molar-refractivity contribution in [3.63, 3.8) is 0 Å². The molecule has 2 N–H and O–H groups in total. The van der Waals surface area contributed by atoms with Crippen LogP contribution in [0.1, 0.15) is 13.8 Å². The lowest BCUT2D eigenvalue weighted by Crippen LogP contribution is -2.40. The molecule has 5 nitrogen and oxygen atoms in total. The summed E-state index contributed by atoms with van der Waals surface area (Å²) in [5, 5.41) is 10.6. The molecule has 1 atom stereocenters. The van der Waals surface area contributed by atoms with Gasteiger partial charge in [-0.1, -0.05) is 0 Å². The molecule has 0 heterocycles. The van der Waals surface area contributed by atoms with Gasteiger partial charge in [-0.25, -0.2) is 4.79 Å². The highest BCUT2D eigenvalue weighted by Crippen LogP contribution is 1.87. The molecule has 0 radical (unpaired) electrons. The van der Waals surface area contributed by atoms with Crippen LogP contribution in [0.3, 0.4) is 0 Å². The number of hydrogen-bond acceptors (Lipinski definition) is 4. The third-order valence-corrected chi connectivity index (χ3v) is 1.16. The summed E-state index contributed by atoms with van der Waals surface area (Å²) >= 11 is 0. The van der Waals surface area contributed by atoms with Crippen molar-refractivity contribution in [1.29, 1.82) is 0 Å². The zero-order valence-corrected chi connectivity index (χ0v) is 7.16. The summed E-state index contributed by atoms with van der Waals surface area (Å²) in [7, 11) is 0. The van der Waals surface area contributed by atoms with Crippen LogP contribution in [0.15, 0.2) is 0 Å². The van der Waals surface area contributed by atoms with Crippen LogP contribution in [0, 0.1) is 0 Å². The maximum atomic E-state index is 10.9. The Kier molecular flexibility index (Phi) is 5.03. The van der Waals surface area contributed by atoms with E-state index in [4.69, 9.17) is 5.11 Å². The predicted molar refractivity (Wildman–Crippen MR) is 41.3 cm³/mol. The molecule has 70 valence electrons. The third-order valence-electron chi connectivity index (χ3n) is 1.16. The lowest BCUT2D eigenvalue weighted by atomic mass is 10.3. The van der Waals surface area contributed by atoms with Gasteiger partial charge >= 0.3 is 5.97 Å². The fraction of sp³-hybridized carbons (Fsp3) is 0.714. The van der Waals surface area contributed by atoms with Crippen LogP contribution in [0.25, 0.3) is 0 Å². The van der Waals surface area contributed by atoms with Gasteiger partial charge in [0, 0.05) is 0 Å². The summed E-state index contributed by atoms with van der Waals surface area (Å²) in [6.45, 7) is 2.83. The van der Waals surface area contributed by atoms with Gasteiger partial charge < -0.3 is 15.2 Å². The highest BCUT2D eigenvalue weighted by Gasteiger charge is 2.15. The van der Waals surface area contributed by atoms with Gasteiger partial charge in [0.2, 0.25) is 5.91 Å². The van der Waals surface area contributed by atoms with E-state index < -0.39 is 24.5 Å². The molecule has 12 heavy (non-hydrogen) atoms. The van der Waals surface area contributed by atoms with Crippen molar-refractivity contribution in [2.45, 2.75) is 19.9 Å². The van der Waals surface area contributed by atoms with Gasteiger partial charge in [0.1, 0.15) is 12.6 Å². The van der Waals surface area contributed by atoms with E-state index in [9.17, 15) is 9.59 Å². The second-order valence-corrected chi connectivity index (χ2v) is 2.20. The quantitative estimate of drug-likeness (QED) is 0.540. The summed E-state index contributed by atoms with van der Waals surface area (Å²) in [5.41, 5.74) is 0. The van der Waals surface area contributed by atoms with Crippen LogP contribution in [0.5, 0.6) is 0 Å². The summed E-state index contributed by atoms with van der Waals surface area (Å²) in [4.78, 5) is 21.4. The summed E-state index contributed by atoms with van der Waals surface area (Å²) in [6.07, 6.45) is 0. The number of rotatable bonds is 4. The number of amides is 1. The van der Waals surface area contributed by atoms with E-state index in [1.807, 2.05) is 0 Å². The molecule has 0 fully saturated rings. The molecule has 0 aliphatic rings. The van der Waals surface area contributed by atoms with Crippen LogP contribution in [-0.4, -0.2) is 36.2 Å². The van der Waals surface area contributed by atoms with Crippen molar-refractivity contribution >= 4 is 11.9 Å². The molecule has 0 aromatic heterocycles. The largest absolute Gasteiger partial charge is 0.464 e. The molecule has 1 unspecified atom stereocenters. The molecule has 0 aliphatic carbocycles. The standard InChI is InChI=1S/C7H13NO4/c1-3-12-7(11)5(2)8-6(10)4-9/h5,9H,3-4H2,1-2H3,(H,8,10). The lowest BCUT2D eigenvalue weighted by molar-refractivity contribution is -0.147. The van der Waals surface area contributed by atoms with Gasteiger partial charge in [-0.3, -0.25) is 4.79 Å². The maximum absolute atomic E-state index is 10.9. The van der Waals surface area contributed by atoms with Gasteiger partial charge in [0.15, 0.2) is 0 Å². The van der Waals surface area contributed by atoms with E-state index in [1.54, 1.807) is 6.92 Å². The zero-order valence-electron chi connectivity index (χ0n) is 7.16. The Labute approximate surface area is 70.7 Å². The number of aliphatic hydroxyl groups excluding tert-OH is 1. The molecule has 0 bridgehead atoms. The molecule has 0 aliphatic heterocycles. The molecule has 0 aromatic rings. The van der Waals surface area contributed by atoms with Gasteiger partial charge in [0.05, 0.1) is 6.61 Å². The SMILES string of the molecule is CCOC(=O)C(C)NC(=O)CO. The van der Waals surface area contributed by atoms with Crippen molar-refractivity contribution in [2.24, 2.45) is 0 Å². The van der Waals surface area contributed by atoms with Crippen LogP contribution in [0.2, 0.25) is 0 Å². The number of carbonyl (C=O) groups excluding carboxylic acids is 2. The minimum absolute atomic E-state index is 0.276. The first kappa shape index (κ1) is 10.9. The first-order valence-electron chi connectivity index (χ1n) is 3.68. The molecular weight excluding hydrogens is 162 g/mol. The van der Waals surface area contributed by atoms with Crippen LogP contribution in [-0.2, 0) is 14.3 Å². The van der Waals surface area contributed by atoms with Crippen molar-refractivity contribution in [3.05, 3.63) is 0 Å². The average Bonchev–Trinajstić information content (AvgIpc) is 2.04. The fourth-order valence-electron chi connectivity index (χ4n) is 0.613. The zero-order chi connectivity index (χ0) is 9.56. The third kappa shape index (κ3) is 3.92. The van der Waals surface area contributed by atoms with Crippen LogP contribution in [0.4, 0.5) is 0 Å². The Balaban J connectivity index is 3.78. The Morgan fingerprint density at radius 1 is 1.58 bits per heavy atom. The molecule has 5 heteroatoms. The topological polar surface area (TPSA) is 75.6 Å². The van der Waals surface area contributed by atoms with Gasteiger partial charge in [-0.15, -0.1) is 0 Å². The van der Waals surface area contributed by atoms with Gasteiger partial charge in [-0.2, -0.15) is 0 Å². The molecule has 0 aromatic carbocycles. The van der Waals surface area contributed by atoms with E-state index >= 15 is 0 Å². The molecule has 0 saturated carbocycles. The number of nitrogens with one attached hydrogen (secondary N) is 1. The van der Waals surface area contributed by atoms with Crippen LogP contribution < -0.4 is 5.32 Å². The second kappa shape index (κ2) is 5.54. The van der Waals surface area contributed by atoms with E-state index in [1.165, 1.54) is 6.92 Å².